The number of alkyl halides is 36. The molecule has 0 heterocycles. The number of esters is 3. The van der Waals surface area contributed by atoms with E-state index in [1.807, 2.05) is 0 Å². The molecule has 84 heavy (non-hydrogen) atoms. The van der Waals surface area contributed by atoms with Gasteiger partial charge in [0.05, 0.1) is 17.8 Å². The Labute approximate surface area is 456 Å². The van der Waals surface area contributed by atoms with E-state index in [0.717, 1.165) is 13.8 Å². The highest BCUT2D eigenvalue weighted by molar-refractivity contribution is 5.72. The highest BCUT2D eigenvalue weighted by Gasteiger charge is 2.94. The molecule has 0 amide bonds. The van der Waals surface area contributed by atoms with Crippen molar-refractivity contribution in [3.8, 4) is 0 Å². The minimum Gasteiger partial charge on any atom is -0.459 e. The summed E-state index contributed by atoms with van der Waals surface area (Å²) in [4.78, 5) is 33.2. The summed E-state index contributed by atoms with van der Waals surface area (Å²) in [6.07, 6.45) is -16.6. The molecule has 0 radical (unpaired) electrons. The molecule has 3 unspecified atom stereocenters. The quantitative estimate of drug-likeness (QED) is 0.0463. The van der Waals surface area contributed by atoms with Crippen molar-refractivity contribution in [2.45, 2.75) is 213 Å². The first-order valence-electron chi connectivity index (χ1n) is 19.9. The molecular formula is C42H60F36O6. The zero-order valence-corrected chi connectivity index (χ0v) is 38.8. The number of carbonyl (C=O) groups is 3. The van der Waals surface area contributed by atoms with E-state index in [0.29, 0.717) is 0 Å². The number of rotatable bonds is 27. The molecule has 0 aromatic heterocycles. The van der Waals surface area contributed by atoms with Crippen LogP contribution < -0.4 is 0 Å². The van der Waals surface area contributed by atoms with Crippen LogP contribution in [0.4, 0.5) is 158 Å². The second-order valence-corrected chi connectivity index (χ2v) is 15.8. The highest BCUT2D eigenvalue weighted by atomic mass is 19.4. The summed E-state index contributed by atoms with van der Waals surface area (Å²) < 4.78 is 474. The van der Waals surface area contributed by atoms with Gasteiger partial charge < -0.3 is 14.2 Å². The average Bonchev–Trinajstić information content (AvgIpc) is 3.30. The highest BCUT2D eigenvalue weighted by Crippen LogP contribution is 2.63. The molecule has 0 aliphatic carbocycles. The minimum absolute atomic E-state index is 0. The SMILES string of the molecule is C.C.C.C.C.C.CCC(C)C(=O)OCC(F)(F)C(F)(F)C(F)(F)C(F)(F)C(F)(F)C(F)(F)C(F)(F)C(F)F.CCC(C)C(=O)OCC(F)(F)C(F)(F)C(F)(F)C(F)(F)C(F)(F)C(F)F.CCC(C)C(=O)OCC(F)(F)C(F)(F)C(F)(F)C(F)F. The van der Waals surface area contributed by atoms with Crippen LogP contribution in [0.25, 0.3) is 0 Å². The van der Waals surface area contributed by atoms with Gasteiger partial charge in [0.25, 0.3) is 0 Å². The molecule has 0 bridgehead atoms. The molecule has 42 heteroatoms. The Hall–Kier alpha value is -4.11. The van der Waals surface area contributed by atoms with E-state index in [-0.39, 0.29) is 63.8 Å². The molecular weight excluding hydrogens is 1280 g/mol. The summed E-state index contributed by atoms with van der Waals surface area (Å²) in [6.45, 7) is -1.21. The Balaban J connectivity index is -0.000000142. The topological polar surface area (TPSA) is 78.9 Å². The lowest BCUT2D eigenvalue weighted by Crippen LogP contribution is -2.74. The smallest absolute Gasteiger partial charge is 0.385 e. The Bertz CT molecular complexity index is 1940. The lowest BCUT2D eigenvalue weighted by atomic mass is 9.89. The predicted octanol–water partition coefficient (Wildman–Crippen LogP) is 18.9. The van der Waals surface area contributed by atoms with Crippen LogP contribution in [0.15, 0.2) is 0 Å². The third-order valence-corrected chi connectivity index (χ3v) is 10.1. The van der Waals surface area contributed by atoms with Gasteiger partial charge in [-0.25, -0.2) is 26.3 Å². The van der Waals surface area contributed by atoms with Crippen LogP contribution in [-0.2, 0) is 28.6 Å². The Kier molecular flexibility index (Phi) is 37.9. The molecule has 3 atom stereocenters. The largest absolute Gasteiger partial charge is 0.459 e. The summed E-state index contributed by atoms with van der Waals surface area (Å²) in [5.41, 5.74) is 0. The van der Waals surface area contributed by atoms with Crippen molar-refractivity contribution in [3.05, 3.63) is 0 Å². The van der Waals surface area contributed by atoms with Crippen molar-refractivity contribution in [1.29, 1.82) is 0 Å². The Morgan fingerprint density at radius 1 is 0.274 bits per heavy atom. The zero-order valence-electron chi connectivity index (χ0n) is 38.8. The van der Waals surface area contributed by atoms with Gasteiger partial charge in [-0.1, -0.05) is 86.1 Å². The molecule has 0 aromatic carbocycles. The van der Waals surface area contributed by atoms with Gasteiger partial charge in [-0.15, -0.1) is 0 Å². The molecule has 516 valence electrons. The van der Waals surface area contributed by atoms with Crippen LogP contribution in [0.5, 0.6) is 0 Å². The van der Waals surface area contributed by atoms with Crippen LogP contribution in [-0.4, -0.2) is 146 Å². The molecule has 0 saturated heterocycles. The van der Waals surface area contributed by atoms with Crippen LogP contribution in [0.2, 0.25) is 0 Å². The van der Waals surface area contributed by atoms with Crippen LogP contribution in [0.1, 0.15) is 105 Å². The van der Waals surface area contributed by atoms with Gasteiger partial charge >= 0.3 is 126 Å². The minimum atomic E-state index is -8.46. The normalized spacial score (nSPS) is 14.8. The maximum absolute atomic E-state index is 13.5. The van der Waals surface area contributed by atoms with Gasteiger partial charge in [0.15, 0.2) is 19.8 Å². The van der Waals surface area contributed by atoms with E-state index < -0.39 is 164 Å². The standard InChI is InChI=1S/C14H12F16O2.C12H12F12O2.C10H12F8O2.6CH4/c1-3-5(2)6(31)32-4-8(17,18)10(21,22)12(25,26)14(29,30)13(27,28)11(23,24)9(19,20)7(15)16;1-3-5(2)6(25)26-4-8(15,16)10(19,20)12(23,24)11(21,22)9(17,18)7(13)14;1-3-5(2)6(19)20-4-8(13,14)10(17,18)9(15,16)7(11)12;;;;;;/h5,7H,3-4H2,1-2H3;5,7H,3-4H2,1-2H3;5,7H,3-4H2,1-2H3;6*1H4. The predicted molar refractivity (Wildman–Crippen MR) is 224 cm³/mol. The average molecular weight is 1340 g/mol. The Morgan fingerprint density at radius 2 is 0.417 bits per heavy atom. The zero-order chi connectivity index (χ0) is 64.1. The first-order valence-corrected chi connectivity index (χ1v) is 19.9. The summed E-state index contributed by atoms with van der Waals surface area (Å²) >= 11 is 0. The number of halogens is 36. The fraction of sp³-hybridized carbons (Fsp3) is 0.929. The maximum atomic E-state index is 13.5. The van der Waals surface area contributed by atoms with Gasteiger partial charge in [-0.2, -0.15) is 132 Å². The van der Waals surface area contributed by atoms with Gasteiger partial charge in [0.2, 0.25) is 0 Å². The van der Waals surface area contributed by atoms with Crippen molar-refractivity contribution >= 4 is 17.9 Å². The number of hydrogen-bond acceptors (Lipinski definition) is 6. The van der Waals surface area contributed by atoms with Crippen LogP contribution in [0.3, 0.4) is 0 Å². The fourth-order valence-electron chi connectivity index (χ4n) is 4.01. The second kappa shape index (κ2) is 32.2. The number of ether oxygens (including phenoxy) is 3. The van der Waals surface area contributed by atoms with Crippen molar-refractivity contribution in [2.75, 3.05) is 19.8 Å². The summed E-state index contributed by atoms with van der Waals surface area (Å²) in [5, 5.41) is 0. The van der Waals surface area contributed by atoms with Gasteiger partial charge in [0.1, 0.15) is 0 Å². The Morgan fingerprint density at radius 3 is 0.595 bits per heavy atom. The molecule has 0 aliphatic heterocycles. The van der Waals surface area contributed by atoms with Crippen molar-refractivity contribution in [1.82, 2.24) is 0 Å². The third kappa shape index (κ3) is 18.5. The fourth-order valence-corrected chi connectivity index (χ4v) is 4.01. The van der Waals surface area contributed by atoms with Crippen molar-refractivity contribution in [3.63, 3.8) is 0 Å². The molecule has 0 aliphatic rings. The van der Waals surface area contributed by atoms with Gasteiger partial charge in [-0.05, 0) is 19.3 Å². The lowest BCUT2D eigenvalue weighted by Gasteiger charge is -2.42. The summed E-state index contributed by atoms with van der Waals surface area (Å²) in [5.74, 6) is -117. The first-order chi connectivity index (χ1) is 33.9. The van der Waals surface area contributed by atoms with Gasteiger partial charge in [-0.3, -0.25) is 14.4 Å². The van der Waals surface area contributed by atoms with Crippen molar-refractivity contribution in [2.24, 2.45) is 17.8 Å². The summed E-state index contributed by atoms with van der Waals surface area (Å²) in [6, 6.07) is 0. The van der Waals surface area contributed by atoms with E-state index in [4.69, 9.17) is 0 Å². The molecule has 0 spiro atoms. The first kappa shape index (κ1) is 98.9. The van der Waals surface area contributed by atoms with Gasteiger partial charge in [0, 0.05) is 0 Å². The van der Waals surface area contributed by atoms with Crippen LogP contribution >= 0.6 is 0 Å². The monoisotopic (exact) mass is 1340 g/mol. The number of carbonyl (C=O) groups excluding carboxylic acids is 3. The lowest BCUT2D eigenvalue weighted by molar-refractivity contribution is -0.447. The molecule has 0 fully saturated rings. The van der Waals surface area contributed by atoms with E-state index in [2.05, 4.69) is 14.2 Å². The van der Waals surface area contributed by atoms with Crippen molar-refractivity contribution < 1.29 is 187 Å². The van der Waals surface area contributed by atoms with E-state index >= 15 is 0 Å². The van der Waals surface area contributed by atoms with E-state index in [1.165, 1.54) is 27.7 Å². The van der Waals surface area contributed by atoms with E-state index in [9.17, 15) is 172 Å². The molecule has 0 rings (SSSR count). The second-order valence-electron chi connectivity index (χ2n) is 15.8. The molecule has 0 saturated carbocycles. The summed E-state index contributed by atoms with van der Waals surface area (Å²) in [7, 11) is 0. The maximum Gasteiger partial charge on any atom is 0.385 e. The molecule has 0 aromatic rings. The third-order valence-electron chi connectivity index (χ3n) is 10.1. The molecule has 6 nitrogen and oxygen atoms in total. The number of hydrogen-bond donors (Lipinski definition) is 0. The van der Waals surface area contributed by atoms with E-state index in [1.54, 1.807) is 0 Å². The molecule has 0 N–H and O–H groups in total. The van der Waals surface area contributed by atoms with Crippen LogP contribution in [0, 0.1) is 17.8 Å².